The largest absolute Gasteiger partial charge is 0.411 e. The maximum atomic E-state index is 8.99. The molecule has 1 aliphatic carbocycles. The summed E-state index contributed by atoms with van der Waals surface area (Å²) in [6.45, 7) is 6.77. The van der Waals surface area contributed by atoms with Crippen molar-refractivity contribution in [3.8, 4) is 0 Å². The van der Waals surface area contributed by atoms with E-state index in [1.807, 2.05) is 0 Å². The van der Waals surface area contributed by atoms with Gasteiger partial charge in [0.15, 0.2) is 0 Å². The van der Waals surface area contributed by atoms with Gasteiger partial charge in [-0.3, -0.25) is 4.90 Å². The second-order valence-electron chi connectivity index (χ2n) is 5.86. The van der Waals surface area contributed by atoms with Gasteiger partial charge in [0.05, 0.1) is 5.71 Å². The van der Waals surface area contributed by atoms with Crippen LogP contribution in [-0.2, 0) is 0 Å². The molecule has 0 radical (unpaired) electrons. The monoisotopic (exact) mass is 238 g/mol. The molecule has 2 fully saturated rings. The highest BCUT2D eigenvalue weighted by molar-refractivity contribution is 5.87. The number of hydrogen-bond acceptors (Lipinski definition) is 3. The molecule has 1 saturated carbocycles. The average Bonchev–Trinajstić information content (AvgIpc) is 2.39. The minimum atomic E-state index is 0.480. The Hall–Kier alpha value is -0.570. The maximum Gasteiger partial charge on any atom is 0.0627 e. The Balaban J connectivity index is 1.91. The lowest BCUT2D eigenvalue weighted by molar-refractivity contribution is 0.120. The van der Waals surface area contributed by atoms with Crippen molar-refractivity contribution in [1.82, 2.24) is 4.90 Å². The lowest BCUT2D eigenvalue weighted by Gasteiger charge is -2.41. The van der Waals surface area contributed by atoms with Gasteiger partial charge in [0.25, 0.3) is 0 Å². The van der Waals surface area contributed by atoms with Gasteiger partial charge in [-0.2, -0.15) is 0 Å². The predicted octanol–water partition coefficient (Wildman–Crippen LogP) is 3.13. The van der Waals surface area contributed by atoms with E-state index in [1.165, 1.54) is 25.7 Å². The van der Waals surface area contributed by atoms with Gasteiger partial charge in [0.1, 0.15) is 0 Å². The third-order valence-corrected chi connectivity index (χ3v) is 4.70. The summed E-state index contributed by atoms with van der Waals surface area (Å²) in [5, 5.41) is 12.5. The molecule has 98 valence electrons. The number of oxime groups is 1. The first-order valence-electron chi connectivity index (χ1n) is 7.19. The summed E-state index contributed by atoms with van der Waals surface area (Å²) in [5.41, 5.74) is 1.02. The highest BCUT2D eigenvalue weighted by Gasteiger charge is 2.30. The number of rotatable bonds is 2. The SMILES string of the molecule is CCC1CN(C2CCC(C)CC2)CCC1=NO. The fraction of sp³-hybridized carbons (Fsp3) is 0.929. The number of nitrogens with zero attached hydrogens (tertiary/aromatic N) is 2. The fourth-order valence-electron chi connectivity index (χ4n) is 3.38. The highest BCUT2D eigenvalue weighted by atomic mass is 16.4. The first-order valence-corrected chi connectivity index (χ1v) is 7.19. The molecule has 3 nitrogen and oxygen atoms in total. The predicted molar refractivity (Wildman–Crippen MR) is 70.6 cm³/mol. The van der Waals surface area contributed by atoms with Gasteiger partial charge in [-0.15, -0.1) is 0 Å². The zero-order chi connectivity index (χ0) is 12.3. The van der Waals surface area contributed by atoms with Crippen LogP contribution in [0.2, 0.25) is 0 Å². The van der Waals surface area contributed by atoms with Crippen molar-refractivity contribution in [3.05, 3.63) is 0 Å². The zero-order valence-electron chi connectivity index (χ0n) is 11.2. The summed E-state index contributed by atoms with van der Waals surface area (Å²) in [5.74, 6) is 1.40. The van der Waals surface area contributed by atoms with E-state index in [9.17, 15) is 0 Å². The van der Waals surface area contributed by atoms with Crippen LogP contribution >= 0.6 is 0 Å². The van der Waals surface area contributed by atoms with E-state index in [2.05, 4.69) is 23.9 Å². The van der Waals surface area contributed by atoms with Crippen LogP contribution in [0.1, 0.15) is 52.4 Å². The molecule has 1 saturated heterocycles. The molecule has 1 atom stereocenters. The summed E-state index contributed by atoms with van der Waals surface area (Å²) >= 11 is 0. The standard InChI is InChI=1S/C14H26N2O/c1-3-12-10-16(9-8-14(12)15-17)13-6-4-11(2)5-7-13/h11-13,17H,3-10H2,1-2H3. The van der Waals surface area contributed by atoms with E-state index in [0.717, 1.165) is 43.6 Å². The zero-order valence-corrected chi connectivity index (χ0v) is 11.2. The Labute approximate surface area is 105 Å². The Bertz CT molecular complexity index is 269. The second kappa shape index (κ2) is 5.85. The topological polar surface area (TPSA) is 35.8 Å². The molecule has 0 aromatic heterocycles. The van der Waals surface area contributed by atoms with Gasteiger partial charge in [-0.05, 0) is 38.0 Å². The number of likely N-dealkylation sites (tertiary alicyclic amines) is 1. The molecule has 0 amide bonds. The van der Waals surface area contributed by atoms with Crippen LogP contribution in [0.25, 0.3) is 0 Å². The molecule has 0 spiro atoms. The van der Waals surface area contributed by atoms with Crippen LogP contribution in [0, 0.1) is 11.8 Å². The van der Waals surface area contributed by atoms with Crippen LogP contribution in [-0.4, -0.2) is 35.0 Å². The Kier molecular flexibility index (Phi) is 4.43. The van der Waals surface area contributed by atoms with Gasteiger partial charge in [0, 0.05) is 31.5 Å². The summed E-state index contributed by atoms with van der Waals surface area (Å²) in [6, 6.07) is 0.792. The first-order chi connectivity index (χ1) is 8.24. The van der Waals surface area contributed by atoms with E-state index in [4.69, 9.17) is 5.21 Å². The van der Waals surface area contributed by atoms with Crippen molar-refractivity contribution in [2.24, 2.45) is 17.0 Å². The summed E-state index contributed by atoms with van der Waals surface area (Å²) in [6.07, 6.45) is 7.56. The second-order valence-corrected chi connectivity index (χ2v) is 5.86. The van der Waals surface area contributed by atoms with Crippen LogP contribution in [0.4, 0.5) is 0 Å². The van der Waals surface area contributed by atoms with E-state index in [1.54, 1.807) is 0 Å². The number of piperidine rings is 1. The quantitative estimate of drug-likeness (QED) is 0.592. The number of hydrogen-bond donors (Lipinski definition) is 1. The minimum Gasteiger partial charge on any atom is -0.411 e. The molecule has 1 heterocycles. The lowest BCUT2D eigenvalue weighted by Crippen LogP contribution is -2.47. The third kappa shape index (κ3) is 3.01. The molecule has 0 bridgehead atoms. The molecular formula is C14H26N2O. The third-order valence-electron chi connectivity index (χ3n) is 4.70. The Morgan fingerprint density at radius 1 is 1.29 bits per heavy atom. The van der Waals surface area contributed by atoms with Gasteiger partial charge >= 0.3 is 0 Å². The average molecular weight is 238 g/mol. The van der Waals surface area contributed by atoms with Gasteiger partial charge in [0.2, 0.25) is 0 Å². The maximum absolute atomic E-state index is 8.99. The molecule has 0 aromatic carbocycles. The van der Waals surface area contributed by atoms with Crippen LogP contribution in [0.3, 0.4) is 0 Å². The summed E-state index contributed by atoms with van der Waals surface area (Å²) < 4.78 is 0. The van der Waals surface area contributed by atoms with Crippen LogP contribution in [0.5, 0.6) is 0 Å². The van der Waals surface area contributed by atoms with Gasteiger partial charge < -0.3 is 5.21 Å². The van der Waals surface area contributed by atoms with Crippen molar-refractivity contribution >= 4 is 5.71 Å². The molecule has 1 N–H and O–H groups in total. The molecule has 2 aliphatic rings. The molecule has 3 heteroatoms. The molecule has 2 rings (SSSR count). The lowest BCUT2D eigenvalue weighted by atomic mass is 9.84. The molecule has 17 heavy (non-hydrogen) atoms. The highest BCUT2D eigenvalue weighted by Crippen LogP contribution is 2.30. The van der Waals surface area contributed by atoms with Gasteiger partial charge in [-0.25, -0.2) is 0 Å². The van der Waals surface area contributed by atoms with Crippen molar-refractivity contribution < 1.29 is 5.21 Å². The van der Waals surface area contributed by atoms with Gasteiger partial charge in [-0.1, -0.05) is 19.0 Å². The normalized spacial score (nSPS) is 38.5. The summed E-state index contributed by atoms with van der Waals surface area (Å²) in [4.78, 5) is 2.65. The van der Waals surface area contributed by atoms with E-state index < -0.39 is 0 Å². The van der Waals surface area contributed by atoms with Crippen LogP contribution < -0.4 is 0 Å². The summed E-state index contributed by atoms with van der Waals surface area (Å²) in [7, 11) is 0. The smallest absolute Gasteiger partial charge is 0.0627 e. The fourth-order valence-corrected chi connectivity index (χ4v) is 3.38. The Morgan fingerprint density at radius 3 is 2.59 bits per heavy atom. The molecular weight excluding hydrogens is 212 g/mol. The first kappa shape index (κ1) is 12.9. The minimum absolute atomic E-state index is 0.480. The van der Waals surface area contributed by atoms with Crippen molar-refractivity contribution in [2.45, 2.75) is 58.4 Å². The molecule has 1 unspecified atom stereocenters. The van der Waals surface area contributed by atoms with E-state index in [-0.39, 0.29) is 0 Å². The van der Waals surface area contributed by atoms with Crippen molar-refractivity contribution in [3.63, 3.8) is 0 Å². The van der Waals surface area contributed by atoms with E-state index >= 15 is 0 Å². The molecule has 1 aliphatic heterocycles. The molecule has 0 aromatic rings. The Morgan fingerprint density at radius 2 is 2.00 bits per heavy atom. The van der Waals surface area contributed by atoms with Crippen molar-refractivity contribution in [1.29, 1.82) is 0 Å². The van der Waals surface area contributed by atoms with Crippen molar-refractivity contribution in [2.75, 3.05) is 13.1 Å². The van der Waals surface area contributed by atoms with Crippen LogP contribution in [0.15, 0.2) is 5.16 Å². The van der Waals surface area contributed by atoms with E-state index in [0.29, 0.717) is 5.92 Å².